The van der Waals surface area contributed by atoms with Crippen LogP contribution in [-0.2, 0) is 25.3 Å². The van der Waals surface area contributed by atoms with Gasteiger partial charge in [-0.05, 0) is 6.92 Å². The average molecular weight is 276 g/mol. The molecule has 0 aromatic carbocycles. The Hall–Kier alpha value is -1.41. The van der Waals surface area contributed by atoms with Crippen molar-refractivity contribution < 1.29 is 22.5 Å². The second-order valence-electron chi connectivity index (χ2n) is 3.83. The van der Waals surface area contributed by atoms with Gasteiger partial charge in [0.05, 0.1) is 13.5 Å². The zero-order valence-corrected chi connectivity index (χ0v) is 11.4. The highest BCUT2D eigenvalue weighted by Gasteiger charge is 2.21. The number of carbonyl (C=O) groups excluding carboxylic acids is 1. The van der Waals surface area contributed by atoms with Crippen LogP contribution in [0.15, 0.2) is 10.6 Å². The Kier molecular flexibility index (Phi) is 4.85. The highest BCUT2D eigenvalue weighted by Crippen LogP contribution is 2.10. The molecule has 0 N–H and O–H groups in total. The van der Waals surface area contributed by atoms with Gasteiger partial charge in [0, 0.05) is 19.7 Å². The van der Waals surface area contributed by atoms with Crippen molar-refractivity contribution in [3.63, 3.8) is 0 Å². The lowest BCUT2D eigenvalue weighted by Crippen LogP contribution is -2.30. The van der Waals surface area contributed by atoms with Crippen LogP contribution in [0.1, 0.15) is 17.9 Å². The fourth-order valence-corrected chi connectivity index (χ4v) is 2.37. The van der Waals surface area contributed by atoms with Gasteiger partial charge < -0.3 is 9.26 Å². The van der Waals surface area contributed by atoms with E-state index in [1.165, 1.54) is 14.2 Å². The number of methoxy groups -OCH3 is 1. The molecule has 1 heterocycles. The first-order valence-corrected chi connectivity index (χ1v) is 6.89. The lowest BCUT2D eigenvalue weighted by Gasteiger charge is -2.15. The monoisotopic (exact) mass is 276 g/mol. The van der Waals surface area contributed by atoms with Crippen molar-refractivity contribution in [1.82, 2.24) is 9.46 Å². The van der Waals surface area contributed by atoms with Crippen molar-refractivity contribution >= 4 is 16.0 Å². The molecule has 1 aromatic heterocycles. The summed E-state index contributed by atoms with van der Waals surface area (Å²) < 4.78 is 34.2. The molecule has 0 atom stereocenters. The number of aryl methyl sites for hydroxylation is 1. The largest absolute Gasteiger partial charge is 0.469 e. The van der Waals surface area contributed by atoms with Crippen molar-refractivity contribution in [2.45, 2.75) is 19.1 Å². The van der Waals surface area contributed by atoms with Crippen LogP contribution in [0.4, 0.5) is 0 Å². The Labute approximate surface area is 106 Å². The molecule has 0 amide bonds. The van der Waals surface area contributed by atoms with Gasteiger partial charge in [0.25, 0.3) is 0 Å². The molecule has 0 bridgehead atoms. The van der Waals surface area contributed by atoms with Gasteiger partial charge in [-0.3, -0.25) is 4.79 Å². The van der Waals surface area contributed by atoms with Crippen molar-refractivity contribution in [3.8, 4) is 0 Å². The molecule has 0 aliphatic carbocycles. The minimum atomic E-state index is -3.50. The summed E-state index contributed by atoms with van der Waals surface area (Å²) in [6.45, 7) is 1.76. The zero-order chi connectivity index (χ0) is 13.8. The molecule has 1 rings (SSSR count). The third kappa shape index (κ3) is 4.11. The van der Waals surface area contributed by atoms with E-state index in [1.54, 1.807) is 13.0 Å². The van der Waals surface area contributed by atoms with Crippen LogP contribution in [0.3, 0.4) is 0 Å². The summed E-state index contributed by atoms with van der Waals surface area (Å²) in [7, 11) is -0.834. The van der Waals surface area contributed by atoms with Gasteiger partial charge >= 0.3 is 5.97 Å². The minimum absolute atomic E-state index is 0.0179. The van der Waals surface area contributed by atoms with Gasteiger partial charge in [-0.15, -0.1) is 0 Å². The van der Waals surface area contributed by atoms with Crippen molar-refractivity contribution in [2.75, 3.05) is 20.7 Å². The van der Waals surface area contributed by atoms with Gasteiger partial charge in [-0.2, -0.15) is 0 Å². The molecule has 0 radical (unpaired) electrons. The van der Waals surface area contributed by atoms with Crippen LogP contribution < -0.4 is 0 Å². The molecule has 0 aliphatic heterocycles. The van der Waals surface area contributed by atoms with Crippen molar-refractivity contribution in [2.24, 2.45) is 0 Å². The van der Waals surface area contributed by atoms with Crippen molar-refractivity contribution in [1.29, 1.82) is 0 Å². The van der Waals surface area contributed by atoms with E-state index < -0.39 is 16.0 Å². The first-order chi connectivity index (χ1) is 8.35. The maximum atomic E-state index is 11.9. The molecular weight excluding hydrogens is 260 g/mol. The number of carbonyl (C=O) groups is 1. The summed E-state index contributed by atoms with van der Waals surface area (Å²) in [5.41, 5.74) is 0.345. The fraction of sp³-hybridized carbons (Fsp3) is 0.600. The second-order valence-corrected chi connectivity index (χ2v) is 5.91. The molecule has 0 saturated heterocycles. The van der Waals surface area contributed by atoms with Crippen molar-refractivity contribution in [3.05, 3.63) is 17.5 Å². The topological polar surface area (TPSA) is 89.7 Å². The molecule has 0 unspecified atom stereocenters. The van der Waals surface area contributed by atoms with E-state index in [9.17, 15) is 13.2 Å². The lowest BCUT2D eigenvalue weighted by molar-refractivity contribution is -0.140. The summed E-state index contributed by atoms with van der Waals surface area (Å²) in [6, 6.07) is 1.56. The van der Waals surface area contributed by atoms with Gasteiger partial charge in [-0.1, -0.05) is 5.16 Å². The molecule has 0 aliphatic rings. The second kappa shape index (κ2) is 5.96. The summed E-state index contributed by atoms with van der Waals surface area (Å²) >= 11 is 0. The van der Waals surface area contributed by atoms with E-state index in [0.717, 1.165) is 4.31 Å². The van der Waals surface area contributed by atoms with Crippen LogP contribution >= 0.6 is 0 Å². The Bertz CT molecular complexity index is 508. The highest BCUT2D eigenvalue weighted by atomic mass is 32.2. The van der Waals surface area contributed by atoms with E-state index in [2.05, 4.69) is 9.89 Å². The summed E-state index contributed by atoms with van der Waals surface area (Å²) in [6.07, 6.45) is 0.0179. The molecule has 0 spiro atoms. The number of hydrogen-bond acceptors (Lipinski definition) is 6. The number of esters is 1. The SMILES string of the molecule is COC(=O)CCN(C)S(=O)(=O)Cc1cc(C)on1. The Morgan fingerprint density at radius 1 is 1.56 bits per heavy atom. The summed E-state index contributed by atoms with van der Waals surface area (Å²) in [5.74, 6) is -0.145. The smallest absolute Gasteiger partial charge is 0.306 e. The maximum absolute atomic E-state index is 11.9. The van der Waals surface area contributed by atoms with Crippen LogP contribution in [-0.4, -0.2) is 44.6 Å². The third-order valence-corrected chi connectivity index (χ3v) is 4.13. The summed E-state index contributed by atoms with van der Waals surface area (Å²) in [4.78, 5) is 10.9. The van der Waals surface area contributed by atoms with Gasteiger partial charge in [0.15, 0.2) is 0 Å². The minimum Gasteiger partial charge on any atom is -0.469 e. The molecule has 0 fully saturated rings. The van der Waals surface area contributed by atoms with E-state index in [1.807, 2.05) is 0 Å². The average Bonchev–Trinajstić information content (AvgIpc) is 2.70. The quantitative estimate of drug-likeness (QED) is 0.694. The number of sulfonamides is 1. The normalized spacial score (nSPS) is 11.8. The predicted molar refractivity (Wildman–Crippen MR) is 63.1 cm³/mol. The maximum Gasteiger partial charge on any atom is 0.306 e. The lowest BCUT2D eigenvalue weighted by atomic mass is 10.4. The number of rotatable bonds is 6. The molecule has 8 heteroatoms. The molecule has 7 nitrogen and oxygen atoms in total. The van der Waals surface area contributed by atoms with Crippen LogP contribution in [0, 0.1) is 6.92 Å². The first kappa shape index (κ1) is 14.7. The highest BCUT2D eigenvalue weighted by molar-refractivity contribution is 7.88. The molecular formula is C10H16N2O5S. The Morgan fingerprint density at radius 3 is 2.72 bits per heavy atom. The number of nitrogens with zero attached hydrogens (tertiary/aromatic N) is 2. The van der Waals surface area contributed by atoms with Crippen LogP contribution in [0.2, 0.25) is 0 Å². The molecule has 1 aromatic rings. The molecule has 102 valence electrons. The van der Waals surface area contributed by atoms with E-state index in [4.69, 9.17) is 4.52 Å². The predicted octanol–water partition coefficient (Wildman–Crippen LogP) is 0.308. The van der Waals surface area contributed by atoms with E-state index in [0.29, 0.717) is 11.5 Å². The molecule has 18 heavy (non-hydrogen) atoms. The Morgan fingerprint density at radius 2 is 2.22 bits per heavy atom. The third-order valence-electron chi connectivity index (χ3n) is 2.34. The van der Waals surface area contributed by atoms with Crippen LogP contribution in [0.5, 0.6) is 0 Å². The fourth-order valence-electron chi connectivity index (χ4n) is 1.27. The molecule has 0 saturated carbocycles. The van der Waals surface area contributed by atoms with Gasteiger partial charge in [0.1, 0.15) is 17.2 Å². The summed E-state index contributed by atoms with van der Waals surface area (Å²) in [5, 5.41) is 3.62. The number of hydrogen-bond donors (Lipinski definition) is 0. The number of ether oxygens (including phenoxy) is 1. The van der Waals surface area contributed by atoms with Gasteiger partial charge in [-0.25, -0.2) is 12.7 Å². The van der Waals surface area contributed by atoms with Gasteiger partial charge in [0.2, 0.25) is 10.0 Å². The zero-order valence-electron chi connectivity index (χ0n) is 10.5. The van der Waals surface area contributed by atoms with E-state index >= 15 is 0 Å². The Balaban J connectivity index is 2.60. The van der Waals surface area contributed by atoms with Crippen LogP contribution in [0.25, 0.3) is 0 Å². The first-order valence-electron chi connectivity index (χ1n) is 5.28. The van der Waals surface area contributed by atoms with E-state index in [-0.39, 0.29) is 18.7 Å². The standard InChI is InChI=1S/C10H16N2O5S/c1-8-6-9(11-17-8)7-18(14,15)12(2)5-4-10(13)16-3/h6H,4-5,7H2,1-3H3. The number of aromatic nitrogens is 1.